The minimum absolute atomic E-state index is 0.00693. The molecule has 1 aliphatic rings. The zero-order chi connectivity index (χ0) is 59.6. The number of aromatic nitrogens is 2. The Morgan fingerprint density at radius 1 is 0.716 bits per heavy atom. The first-order valence-corrected chi connectivity index (χ1v) is 32.6. The summed E-state index contributed by atoms with van der Waals surface area (Å²) in [7, 11) is -10.9. The Morgan fingerprint density at radius 3 is 1.88 bits per heavy atom. The van der Waals surface area contributed by atoms with E-state index in [4.69, 9.17) is 29.0 Å². The number of phosphoric ester groups is 2. The molecule has 3 unspecified atom stereocenters. The number of unbranched alkanes of at least 4 members (excludes halogenated alkanes) is 18. The summed E-state index contributed by atoms with van der Waals surface area (Å²) in [5.74, 6) is -0.626. The number of nitrogens with two attached hydrogens (primary N) is 1. The molecule has 0 spiro atoms. The Morgan fingerprint density at radius 2 is 1.28 bits per heavy atom. The van der Waals surface area contributed by atoms with Gasteiger partial charge in [0.2, 0.25) is 0 Å². The van der Waals surface area contributed by atoms with E-state index in [1.165, 1.54) is 102 Å². The fourth-order valence-corrected chi connectivity index (χ4v) is 10.7. The quantitative estimate of drug-likeness (QED) is 0.0105. The van der Waals surface area contributed by atoms with Gasteiger partial charge in [-0.3, -0.25) is 23.2 Å². The van der Waals surface area contributed by atoms with E-state index in [0.29, 0.717) is 32.1 Å². The number of rotatable bonds is 48. The first-order chi connectivity index (χ1) is 38.9. The van der Waals surface area contributed by atoms with Crippen LogP contribution in [-0.4, -0.2) is 108 Å². The Kier molecular flexibility index (Phi) is 40.3. The number of allylic oxidation sites excluding steroid dienone is 8. The van der Waals surface area contributed by atoms with Gasteiger partial charge in [0.25, 0.3) is 0 Å². The van der Waals surface area contributed by atoms with E-state index in [1.54, 1.807) is 42.5 Å². The summed E-state index contributed by atoms with van der Waals surface area (Å²) >= 11 is 0. The van der Waals surface area contributed by atoms with Crippen LogP contribution in [0.1, 0.15) is 200 Å². The summed E-state index contributed by atoms with van der Waals surface area (Å²) in [6.07, 6.45) is 40.3. The van der Waals surface area contributed by atoms with Gasteiger partial charge >= 0.3 is 33.3 Å². The van der Waals surface area contributed by atoms with Gasteiger partial charge in [0.05, 0.1) is 25.4 Å². The predicted molar refractivity (Wildman–Crippen MR) is 314 cm³/mol. The number of anilines is 1. The number of carbonyl (C=O) groups is 2. The molecule has 1 aliphatic heterocycles. The second-order valence-corrected chi connectivity index (χ2v) is 23.8. The number of nitrogens with zero attached hydrogens (tertiary/aromatic N) is 2. The monoisotopic (exact) mass is 1180 g/mol. The molecule has 0 aliphatic carbocycles. The lowest BCUT2D eigenvalue weighted by molar-refractivity contribution is -0.161. The molecule has 0 bridgehead atoms. The molecule has 0 radical (unpaired) electrons. The fraction of sp³-hybridized carbons (Fsp3) is 0.695. The number of hydrogen-bond donors (Lipinski definition) is 7. The van der Waals surface area contributed by atoms with E-state index in [1.807, 2.05) is 37.3 Å². The number of nitrogen functional groups attached to an aromatic ring is 1. The third-order valence-electron chi connectivity index (χ3n) is 13.5. The van der Waals surface area contributed by atoms with Gasteiger partial charge in [-0.2, -0.15) is 9.29 Å². The molecule has 0 aromatic carbocycles. The van der Waals surface area contributed by atoms with E-state index in [-0.39, 0.29) is 18.7 Å². The van der Waals surface area contributed by atoms with Crippen LogP contribution in [0.15, 0.2) is 90.0 Å². The van der Waals surface area contributed by atoms with Crippen LogP contribution in [0.5, 0.6) is 0 Å². The molecule has 462 valence electrons. The average molecular weight is 1180 g/mol. The van der Waals surface area contributed by atoms with E-state index in [0.717, 1.165) is 48.8 Å². The Bertz CT molecular complexity index is 2200. The molecule has 10 atom stereocenters. The van der Waals surface area contributed by atoms with E-state index >= 15 is 0 Å². The van der Waals surface area contributed by atoms with Crippen LogP contribution in [0.4, 0.5) is 5.82 Å². The second-order valence-electron chi connectivity index (χ2n) is 20.8. The summed E-state index contributed by atoms with van der Waals surface area (Å²) in [5.41, 5.74) is 4.58. The highest BCUT2D eigenvalue weighted by molar-refractivity contribution is 7.61. The van der Waals surface area contributed by atoms with Crippen molar-refractivity contribution in [3.63, 3.8) is 0 Å². The lowest BCUT2D eigenvalue weighted by Gasteiger charge is -2.21. The number of esters is 2. The molecule has 1 fully saturated rings. The predicted octanol–water partition coefficient (Wildman–Crippen LogP) is 11.4. The zero-order valence-electron chi connectivity index (χ0n) is 48.5. The van der Waals surface area contributed by atoms with Gasteiger partial charge in [-0.15, -0.1) is 0 Å². The maximum absolute atomic E-state index is 13.0. The standard InChI is InChI=1S/C59H99N3O17P2/c1-4-6-29-37-49(63)38-31-25-21-19-22-26-32-39-50(64)40-33-28-35-41-54(65)74-45-51(77-55(66)42-34-27-23-18-16-14-12-10-8-7-9-11-13-15-17-20-24-30-36-48(3)5-2)46-75-80(70,71)79-81(72,73)76-47-52-56(67)57(68)58(78-52)62-44-43-53(60)61-59(62)69/h6,21-22,25-26,29,31-33,38-40,43-44,48-52,56-58,63-64,67-68H,4-5,7-20,23-24,27-28,30,34-37,41-42,45-47H2,1-3H3,(H,70,71)(H,72,73)(H2,60,61,69)/b25-21-,26-22-,29-6-,38-31+,39-32+,40-33-/t48?,49-,50-,51-,52-,56-,57-,58-/m1/s1. The topological polar surface area (TPSA) is 306 Å². The molecule has 1 aromatic rings. The number of hydrogen-bond acceptors (Lipinski definition) is 17. The molecule has 1 saturated heterocycles. The van der Waals surface area contributed by atoms with Crippen molar-refractivity contribution in [2.24, 2.45) is 5.92 Å². The molecular weight excluding hydrogens is 1080 g/mol. The van der Waals surface area contributed by atoms with Crippen molar-refractivity contribution in [2.45, 2.75) is 237 Å². The van der Waals surface area contributed by atoms with Crippen molar-refractivity contribution in [1.82, 2.24) is 9.55 Å². The van der Waals surface area contributed by atoms with Crippen molar-refractivity contribution < 1.29 is 76.5 Å². The van der Waals surface area contributed by atoms with Gasteiger partial charge in [0, 0.05) is 19.0 Å². The average Bonchev–Trinajstić information content (AvgIpc) is 3.86. The number of phosphoric acid groups is 2. The van der Waals surface area contributed by atoms with Crippen molar-refractivity contribution >= 4 is 33.4 Å². The molecule has 20 nitrogen and oxygen atoms in total. The van der Waals surface area contributed by atoms with Crippen molar-refractivity contribution in [3.05, 3.63) is 95.7 Å². The molecule has 2 heterocycles. The number of aliphatic hydroxyl groups excluding tert-OH is 4. The first-order valence-electron chi connectivity index (χ1n) is 29.6. The van der Waals surface area contributed by atoms with Crippen LogP contribution in [0.3, 0.4) is 0 Å². The van der Waals surface area contributed by atoms with Crippen molar-refractivity contribution in [3.8, 4) is 0 Å². The summed E-state index contributed by atoms with van der Waals surface area (Å²) in [6, 6.07) is 1.24. The highest BCUT2D eigenvalue weighted by Crippen LogP contribution is 2.60. The molecule has 8 N–H and O–H groups in total. The van der Waals surface area contributed by atoms with Gasteiger partial charge in [-0.1, -0.05) is 216 Å². The molecule has 81 heavy (non-hydrogen) atoms. The van der Waals surface area contributed by atoms with E-state index in [2.05, 4.69) is 23.1 Å². The normalized spacial score (nSPS) is 20.0. The minimum atomic E-state index is -5.47. The fourth-order valence-electron chi connectivity index (χ4n) is 8.56. The van der Waals surface area contributed by atoms with Gasteiger partial charge in [0.1, 0.15) is 30.7 Å². The van der Waals surface area contributed by atoms with Gasteiger partial charge in [-0.05, 0) is 50.5 Å². The second kappa shape index (κ2) is 44.6. The third-order valence-corrected chi connectivity index (χ3v) is 16.1. The van der Waals surface area contributed by atoms with Crippen molar-refractivity contribution in [1.29, 1.82) is 0 Å². The molecule has 1 aromatic heterocycles. The molecule has 2 rings (SSSR count). The van der Waals surface area contributed by atoms with Crippen LogP contribution < -0.4 is 11.4 Å². The Balaban J connectivity index is 1.80. The zero-order valence-corrected chi connectivity index (χ0v) is 50.2. The summed E-state index contributed by atoms with van der Waals surface area (Å²) in [5, 5.41) is 41.1. The number of aliphatic hydroxyl groups is 4. The molecule has 0 saturated carbocycles. The largest absolute Gasteiger partial charge is 0.481 e. The number of ether oxygens (including phenoxy) is 3. The van der Waals surface area contributed by atoms with Gasteiger partial charge < -0.3 is 50.2 Å². The maximum atomic E-state index is 13.0. The molecule has 0 amide bonds. The lowest BCUT2D eigenvalue weighted by Crippen LogP contribution is -2.36. The van der Waals surface area contributed by atoms with Crippen LogP contribution in [0.2, 0.25) is 0 Å². The SMILES string of the molecule is CC/C=C\C[C@@H](O)/C=C/C=C\C/C=C\C=C\[C@@H](O)/C=C\CCCC(=O)OC[C@H](COP(=O)(O)OP(=O)(O)OC[C@H]1O[C@@H](n2ccc(N)nc2=O)[C@H](O)[C@@H]1O)OC(=O)CCCCCCCCCCCCCCCCCCCCC(C)CC. The van der Waals surface area contributed by atoms with Gasteiger partial charge in [0.15, 0.2) is 12.3 Å². The molecule has 22 heteroatoms. The highest BCUT2D eigenvalue weighted by Gasteiger charge is 2.46. The van der Waals surface area contributed by atoms with Crippen LogP contribution in [-0.2, 0) is 46.3 Å². The van der Waals surface area contributed by atoms with E-state index < -0.39 is 95.9 Å². The number of carbonyl (C=O) groups excluding carboxylic acids is 2. The van der Waals surface area contributed by atoms with Gasteiger partial charge in [-0.25, -0.2) is 13.9 Å². The highest BCUT2D eigenvalue weighted by atomic mass is 31.3. The van der Waals surface area contributed by atoms with Crippen LogP contribution in [0.25, 0.3) is 0 Å². The molecular formula is C59H99N3O17P2. The lowest BCUT2D eigenvalue weighted by atomic mass is 9.99. The Hall–Kier alpha value is -3.88. The minimum Gasteiger partial charge on any atom is -0.462 e. The maximum Gasteiger partial charge on any atom is 0.481 e. The summed E-state index contributed by atoms with van der Waals surface area (Å²) < 4.78 is 56.9. The van der Waals surface area contributed by atoms with Crippen LogP contribution >= 0.6 is 15.6 Å². The smallest absolute Gasteiger partial charge is 0.462 e. The van der Waals surface area contributed by atoms with Crippen molar-refractivity contribution in [2.75, 3.05) is 25.6 Å². The third kappa shape index (κ3) is 37.1. The first kappa shape index (κ1) is 73.2. The summed E-state index contributed by atoms with van der Waals surface area (Å²) in [4.78, 5) is 62.2. The van der Waals surface area contributed by atoms with E-state index in [9.17, 15) is 53.7 Å². The summed E-state index contributed by atoms with van der Waals surface area (Å²) in [6.45, 7) is 4.19. The van der Waals surface area contributed by atoms with Crippen LogP contribution in [0, 0.1) is 5.92 Å². The Labute approximate surface area is 481 Å².